The largest absolute Gasteiger partial charge is 0.328 e. The van der Waals surface area contributed by atoms with Gasteiger partial charge in [-0.2, -0.15) is 0 Å². The van der Waals surface area contributed by atoms with E-state index in [-0.39, 0.29) is 24.1 Å². The van der Waals surface area contributed by atoms with Crippen LogP contribution in [0.5, 0.6) is 0 Å². The Kier molecular flexibility index (Phi) is 5.30. The normalized spacial score (nSPS) is 23.8. The van der Waals surface area contributed by atoms with E-state index in [0.29, 0.717) is 34.2 Å². The molecule has 3 atom stereocenters. The molecule has 2 fully saturated rings. The minimum absolute atomic E-state index is 0.0564. The first-order chi connectivity index (χ1) is 15.0. The highest BCUT2D eigenvalue weighted by Gasteiger charge is 2.28. The Balaban J connectivity index is 1.46. The van der Waals surface area contributed by atoms with Gasteiger partial charge in [-0.1, -0.05) is 6.92 Å². The number of rotatable bonds is 5. The zero-order chi connectivity index (χ0) is 21.5. The average Bonchev–Trinajstić information content (AvgIpc) is 3.59. The number of nitrogens with zero attached hydrogens (tertiary/aromatic N) is 2. The van der Waals surface area contributed by atoms with E-state index >= 15 is 0 Å². The number of halogens is 1. The average molecular weight is 418 g/mol. The van der Waals surface area contributed by atoms with E-state index in [1.54, 1.807) is 24.7 Å². The van der Waals surface area contributed by atoms with E-state index < -0.39 is 0 Å². The van der Waals surface area contributed by atoms with Crippen LogP contribution in [-0.4, -0.2) is 21.8 Å². The third-order valence-electron chi connectivity index (χ3n) is 6.88. The van der Waals surface area contributed by atoms with E-state index in [9.17, 15) is 9.18 Å². The number of pyridine rings is 2. The monoisotopic (exact) mass is 417 g/mol. The second-order valence-electron chi connectivity index (χ2n) is 9.48. The molecule has 1 aromatic carbocycles. The summed E-state index contributed by atoms with van der Waals surface area (Å²) in [5.74, 6) is 1.01. The van der Waals surface area contributed by atoms with Gasteiger partial charge in [0.1, 0.15) is 5.82 Å². The van der Waals surface area contributed by atoms with Crippen LogP contribution in [0.15, 0.2) is 42.9 Å². The molecule has 2 heterocycles. The molecular formula is C26H28FN3O. The van der Waals surface area contributed by atoms with Crippen molar-refractivity contribution in [3.8, 4) is 0 Å². The molecule has 0 saturated heterocycles. The molecule has 2 N–H and O–H groups in total. The first-order valence-corrected chi connectivity index (χ1v) is 11.3. The molecule has 0 bridgehead atoms. The van der Waals surface area contributed by atoms with Crippen LogP contribution in [0.1, 0.15) is 77.9 Å². The molecule has 0 amide bonds. The van der Waals surface area contributed by atoms with Crippen LogP contribution in [0.3, 0.4) is 0 Å². The van der Waals surface area contributed by atoms with Crippen molar-refractivity contribution in [3.63, 3.8) is 0 Å². The second-order valence-corrected chi connectivity index (χ2v) is 9.48. The third kappa shape index (κ3) is 4.11. The van der Waals surface area contributed by atoms with Crippen molar-refractivity contribution < 1.29 is 9.18 Å². The molecule has 0 unspecified atom stereocenters. The van der Waals surface area contributed by atoms with Gasteiger partial charge in [0.25, 0.3) is 0 Å². The topological polar surface area (TPSA) is 68.9 Å². The Bertz CT molecular complexity index is 1130. The van der Waals surface area contributed by atoms with Crippen molar-refractivity contribution in [2.75, 3.05) is 0 Å². The van der Waals surface area contributed by atoms with Crippen LogP contribution >= 0.6 is 0 Å². The highest BCUT2D eigenvalue weighted by Crippen LogP contribution is 2.41. The van der Waals surface area contributed by atoms with E-state index in [4.69, 9.17) is 5.73 Å². The van der Waals surface area contributed by atoms with Gasteiger partial charge < -0.3 is 5.73 Å². The summed E-state index contributed by atoms with van der Waals surface area (Å²) in [7, 11) is 0. The summed E-state index contributed by atoms with van der Waals surface area (Å²) in [6.45, 7) is 2.24. The lowest BCUT2D eigenvalue weighted by Crippen LogP contribution is -2.31. The van der Waals surface area contributed by atoms with E-state index in [2.05, 4.69) is 16.9 Å². The van der Waals surface area contributed by atoms with Crippen LogP contribution in [-0.2, 0) is 6.42 Å². The predicted octanol–water partition coefficient (Wildman–Crippen LogP) is 5.30. The highest BCUT2D eigenvalue weighted by molar-refractivity contribution is 6.07. The maximum absolute atomic E-state index is 14.5. The maximum Gasteiger partial charge on any atom is 0.169 e. The summed E-state index contributed by atoms with van der Waals surface area (Å²) in [6, 6.07) is 7.04. The number of Topliss-reactive ketones (excluding diaryl/α,β-unsaturated/α-hetero) is 1. The highest BCUT2D eigenvalue weighted by atomic mass is 19.1. The molecule has 0 spiro atoms. The smallest absolute Gasteiger partial charge is 0.169 e. The van der Waals surface area contributed by atoms with Gasteiger partial charge in [0.05, 0.1) is 5.52 Å². The first-order valence-electron chi connectivity index (χ1n) is 11.3. The molecule has 4 nitrogen and oxygen atoms in total. The Morgan fingerprint density at radius 2 is 1.97 bits per heavy atom. The quantitative estimate of drug-likeness (QED) is 0.572. The summed E-state index contributed by atoms with van der Waals surface area (Å²) < 4.78 is 14.5. The summed E-state index contributed by atoms with van der Waals surface area (Å²) in [6.07, 6.45) is 10.9. The Labute approximate surface area is 182 Å². The maximum atomic E-state index is 14.5. The Morgan fingerprint density at radius 3 is 2.74 bits per heavy atom. The van der Waals surface area contributed by atoms with Crippen molar-refractivity contribution in [1.82, 2.24) is 9.97 Å². The molecule has 0 aliphatic heterocycles. The molecule has 5 heteroatoms. The van der Waals surface area contributed by atoms with Gasteiger partial charge in [-0.25, -0.2) is 4.39 Å². The lowest BCUT2D eigenvalue weighted by molar-refractivity contribution is 0.0994. The van der Waals surface area contributed by atoms with E-state index in [0.717, 1.165) is 43.2 Å². The van der Waals surface area contributed by atoms with Crippen molar-refractivity contribution >= 4 is 16.7 Å². The summed E-state index contributed by atoms with van der Waals surface area (Å²) in [4.78, 5) is 22.1. The molecule has 2 aliphatic rings. The zero-order valence-electron chi connectivity index (χ0n) is 17.9. The number of aromatic nitrogens is 2. The summed E-state index contributed by atoms with van der Waals surface area (Å²) in [5.41, 5.74) is 10.4. The summed E-state index contributed by atoms with van der Waals surface area (Å²) >= 11 is 0. The number of hydrogen-bond donors (Lipinski definition) is 1. The van der Waals surface area contributed by atoms with Gasteiger partial charge in [-0.15, -0.1) is 0 Å². The second kappa shape index (κ2) is 8.12. The number of carbonyl (C=O) groups is 1. The molecule has 2 aliphatic carbocycles. The number of ketones is 1. The minimum Gasteiger partial charge on any atom is -0.328 e. The zero-order valence-corrected chi connectivity index (χ0v) is 17.9. The standard InChI is InChI=1S/C26H28FN3O/c1-15-8-17(10-20(28)9-15)21-6-7-29-13-19(21)12-25(31)22-4-5-24(27)23-11-18(16-2-3-16)14-30-26(22)23/h4-7,11,13-17,20H,2-3,8-10,12,28H2,1H3/t15-,17+,20-/m0/s1. The molecule has 2 aromatic heterocycles. The van der Waals surface area contributed by atoms with Crippen molar-refractivity contribution in [2.45, 2.75) is 63.3 Å². The fourth-order valence-electron chi connectivity index (χ4n) is 5.23. The molecule has 2 saturated carbocycles. The predicted molar refractivity (Wildman–Crippen MR) is 120 cm³/mol. The van der Waals surface area contributed by atoms with E-state index in [1.165, 1.54) is 11.6 Å². The van der Waals surface area contributed by atoms with Crippen molar-refractivity contribution in [1.29, 1.82) is 0 Å². The molecule has 160 valence electrons. The fourth-order valence-corrected chi connectivity index (χ4v) is 5.23. The lowest BCUT2D eigenvalue weighted by atomic mass is 9.75. The van der Waals surface area contributed by atoms with Crippen LogP contribution in [0.4, 0.5) is 4.39 Å². The molecule has 0 radical (unpaired) electrons. The third-order valence-corrected chi connectivity index (χ3v) is 6.88. The lowest BCUT2D eigenvalue weighted by Gasteiger charge is -2.32. The van der Waals surface area contributed by atoms with Gasteiger partial charge in [0.2, 0.25) is 0 Å². The number of nitrogens with two attached hydrogens (primary N) is 1. The van der Waals surface area contributed by atoms with Crippen LogP contribution in [0.2, 0.25) is 0 Å². The van der Waals surface area contributed by atoms with Gasteiger partial charge in [-0.05, 0) is 90.8 Å². The number of carbonyl (C=O) groups excluding carboxylic acids is 1. The molecule has 31 heavy (non-hydrogen) atoms. The van der Waals surface area contributed by atoms with Gasteiger partial charge in [-0.3, -0.25) is 14.8 Å². The Hall–Kier alpha value is -2.66. The van der Waals surface area contributed by atoms with Crippen LogP contribution < -0.4 is 5.73 Å². The SMILES string of the molecule is C[C@@H]1C[C@H](N)C[C@H](c2ccncc2CC(=O)c2ccc(F)c3cc(C4CC4)cnc23)C1. The van der Waals surface area contributed by atoms with E-state index in [1.807, 2.05) is 12.1 Å². The minimum atomic E-state index is -0.325. The molecular weight excluding hydrogens is 389 g/mol. The molecule has 3 aromatic rings. The summed E-state index contributed by atoms with van der Waals surface area (Å²) in [5, 5.41) is 0.439. The van der Waals surface area contributed by atoms with Crippen molar-refractivity contribution in [3.05, 3.63) is 70.9 Å². The number of fused-ring (bicyclic) bond motifs is 1. The number of benzene rings is 1. The molecule has 5 rings (SSSR count). The van der Waals surface area contributed by atoms with Gasteiger partial charge >= 0.3 is 0 Å². The first kappa shape index (κ1) is 20.3. The van der Waals surface area contributed by atoms with Crippen LogP contribution in [0, 0.1) is 11.7 Å². The Morgan fingerprint density at radius 1 is 1.13 bits per heavy atom. The van der Waals surface area contributed by atoms with Gasteiger partial charge in [0.15, 0.2) is 5.78 Å². The van der Waals surface area contributed by atoms with Crippen molar-refractivity contribution in [2.24, 2.45) is 11.7 Å². The van der Waals surface area contributed by atoms with Gasteiger partial charge in [0, 0.05) is 42.0 Å². The fraction of sp³-hybridized carbons (Fsp3) is 0.423. The van der Waals surface area contributed by atoms with Crippen LogP contribution in [0.25, 0.3) is 10.9 Å². The number of hydrogen-bond acceptors (Lipinski definition) is 4.